The minimum absolute atomic E-state index is 0.244. The predicted molar refractivity (Wildman–Crippen MR) is 137 cm³/mol. The molecule has 1 atom stereocenters. The van der Waals surface area contributed by atoms with E-state index in [-0.39, 0.29) is 17.4 Å². The number of nitrogen functional groups attached to an aromatic ring is 1. The summed E-state index contributed by atoms with van der Waals surface area (Å²) in [5.74, 6) is 1.67. The van der Waals surface area contributed by atoms with E-state index in [0.29, 0.717) is 5.76 Å². The Morgan fingerprint density at radius 2 is 2.09 bits per heavy atom. The summed E-state index contributed by atoms with van der Waals surface area (Å²) in [7, 11) is 1.61. The number of nitrogens with zero attached hydrogens (tertiary/aromatic N) is 3. The molecule has 0 bridgehead atoms. The highest BCUT2D eigenvalue weighted by Crippen LogP contribution is 2.37. The molecule has 0 saturated heterocycles. The average Bonchev–Trinajstić information content (AvgIpc) is 3.27. The fourth-order valence-corrected chi connectivity index (χ4v) is 4.62. The maximum Gasteiger partial charge on any atom is 0.323 e. The number of rotatable bonds is 5. The Hall–Kier alpha value is -4.33. The zero-order chi connectivity index (χ0) is 24.4. The van der Waals surface area contributed by atoms with Gasteiger partial charge in [-0.3, -0.25) is 0 Å². The van der Waals surface area contributed by atoms with Crippen molar-refractivity contribution in [1.29, 1.82) is 0 Å². The van der Waals surface area contributed by atoms with Crippen molar-refractivity contribution in [2.75, 3.05) is 18.2 Å². The summed E-state index contributed by atoms with van der Waals surface area (Å²) in [5.41, 5.74) is 10.5. The molecule has 2 heterocycles. The zero-order valence-electron chi connectivity index (χ0n) is 19.8. The highest BCUT2D eigenvalue weighted by molar-refractivity contribution is 5.90. The van der Waals surface area contributed by atoms with Crippen molar-refractivity contribution < 1.29 is 9.53 Å². The van der Waals surface area contributed by atoms with Crippen LogP contribution in [0.4, 0.5) is 16.4 Å². The van der Waals surface area contributed by atoms with E-state index >= 15 is 0 Å². The Kier molecular flexibility index (Phi) is 5.86. The van der Waals surface area contributed by atoms with Gasteiger partial charge in [-0.25, -0.2) is 9.78 Å². The van der Waals surface area contributed by atoms with E-state index in [4.69, 9.17) is 10.5 Å². The Labute approximate surface area is 204 Å². The van der Waals surface area contributed by atoms with Gasteiger partial charge in [0.1, 0.15) is 11.6 Å². The van der Waals surface area contributed by atoms with Gasteiger partial charge in [-0.2, -0.15) is 4.98 Å². The zero-order valence-corrected chi connectivity index (χ0v) is 19.8. The fourth-order valence-electron chi connectivity index (χ4n) is 4.62. The van der Waals surface area contributed by atoms with Gasteiger partial charge in [-0.05, 0) is 54.3 Å². The minimum Gasteiger partial charge on any atom is -0.495 e. The van der Waals surface area contributed by atoms with E-state index in [0.717, 1.165) is 53.3 Å². The van der Waals surface area contributed by atoms with E-state index in [9.17, 15) is 4.79 Å². The van der Waals surface area contributed by atoms with Crippen LogP contribution in [0.1, 0.15) is 36.6 Å². The summed E-state index contributed by atoms with van der Waals surface area (Å²) in [6, 6.07) is 11.6. The molecule has 2 aromatic heterocycles. The number of hydrogen-bond donors (Lipinski definition) is 3. The van der Waals surface area contributed by atoms with Gasteiger partial charge in [-0.1, -0.05) is 37.3 Å². The third-order valence-electron chi connectivity index (χ3n) is 6.49. The molecule has 0 aliphatic heterocycles. The van der Waals surface area contributed by atoms with E-state index in [1.165, 1.54) is 0 Å². The number of nitrogens with one attached hydrogen (secondary N) is 2. The number of carbonyl (C=O) groups excluding carboxylic acids is 1. The van der Waals surface area contributed by atoms with Crippen molar-refractivity contribution >= 4 is 23.7 Å². The molecular formula is C27H28N6O2. The number of amides is 2. The smallest absolute Gasteiger partial charge is 0.323 e. The van der Waals surface area contributed by atoms with Crippen LogP contribution in [0.25, 0.3) is 11.9 Å². The third-order valence-corrected chi connectivity index (χ3v) is 6.49. The van der Waals surface area contributed by atoms with E-state index < -0.39 is 0 Å². The summed E-state index contributed by atoms with van der Waals surface area (Å²) >= 11 is 0. The van der Waals surface area contributed by atoms with Crippen LogP contribution >= 0.6 is 0 Å². The van der Waals surface area contributed by atoms with Crippen LogP contribution in [0.3, 0.4) is 0 Å². The van der Waals surface area contributed by atoms with Gasteiger partial charge in [0.25, 0.3) is 0 Å². The molecule has 2 aliphatic rings. The van der Waals surface area contributed by atoms with Crippen molar-refractivity contribution in [3.05, 3.63) is 95.3 Å². The quantitative estimate of drug-likeness (QED) is 0.503. The molecule has 5 rings (SSSR count). The average molecular weight is 469 g/mol. The predicted octanol–water partition coefficient (Wildman–Crippen LogP) is 4.71. The Bertz CT molecular complexity index is 1370. The van der Waals surface area contributed by atoms with Crippen LogP contribution in [0.2, 0.25) is 0 Å². The third kappa shape index (κ3) is 4.55. The number of methoxy groups -OCH3 is 1. The number of hydrogen-bond acceptors (Lipinski definition) is 5. The van der Waals surface area contributed by atoms with Crippen LogP contribution in [0.5, 0.6) is 0 Å². The monoisotopic (exact) mass is 468 g/mol. The van der Waals surface area contributed by atoms with E-state index in [1.54, 1.807) is 13.3 Å². The fraction of sp³-hybridized carbons (Fsp3) is 0.222. The van der Waals surface area contributed by atoms with Crippen molar-refractivity contribution in [3.63, 3.8) is 0 Å². The lowest BCUT2D eigenvalue weighted by molar-refractivity contribution is 0.251. The number of nitrogens with two attached hydrogens (primary N) is 1. The molecule has 2 amide bonds. The first-order chi connectivity index (χ1) is 16.9. The molecule has 2 aliphatic carbocycles. The van der Waals surface area contributed by atoms with Gasteiger partial charge in [0.2, 0.25) is 5.95 Å². The van der Waals surface area contributed by atoms with Crippen molar-refractivity contribution in [3.8, 4) is 5.82 Å². The van der Waals surface area contributed by atoms with E-state index in [1.807, 2.05) is 42.6 Å². The molecule has 1 unspecified atom stereocenters. The molecule has 178 valence electrons. The minimum atomic E-state index is -0.288. The molecule has 35 heavy (non-hydrogen) atoms. The van der Waals surface area contributed by atoms with Crippen LogP contribution < -0.4 is 16.4 Å². The number of fused-ring (bicyclic) bond motifs is 1. The lowest BCUT2D eigenvalue weighted by Gasteiger charge is -2.31. The largest absolute Gasteiger partial charge is 0.495 e. The number of anilines is 2. The van der Waals surface area contributed by atoms with Gasteiger partial charge in [-0.15, -0.1) is 0 Å². The first kappa shape index (κ1) is 22.5. The number of carbonyl (C=O) groups is 1. The van der Waals surface area contributed by atoms with Crippen LogP contribution in [0, 0.1) is 0 Å². The highest BCUT2D eigenvalue weighted by atomic mass is 16.5. The van der Waals surface area contributed by atoms with Gasteiger partial charge in [0.05, 0.1) is 12.8 Å². The molecule has 0 radical (unpaired) electrons. The Morgan fingerprint density at radius 1 is 1.20 bits per heavy atom. The van der Waals surface area contributed by atoms with Crippen LogP contribution in [-0.2, 0) is 16.6 Å². The molecule has 4 N–H and O–H groups in total. The second-order valence-corrected chi connectivity index (χ2v) is 8.94. The maximum absolute atomic E-state index is 12.7. The number of urea groups is 1. The normalized spacial score (nSPS) is 18.8. The van der Waals surface area contributed by atoms with Crippen LogP contribution in [-0.4, -0.2) is 27.7 Å². The van der Waals surface area contributed by atoms with Gasteiger partial charge in [0, 0.05) is 35.6 Å². The number of allylic oxidation sites excluding steroid dienone is 4. The molecule has 0 fully saturated rings. The highest BCUT2D eigenvalue weighted by Gasteiger charge is 2.30. The first-order valence-electron chi connectivity index (χ1n) is 11.6. The summed E-state index contributed by atoms with van der Waals surface area (Å²) < 4.78 is 7.42. The van der Waals surface area contributed by atoms with Gasteiger partial charge in [0.15, 0.2) is 0 Å². The topological polar surface area (TPSA) is 107 Å². The Balaban J connectivity index is 1.37. The summed E-state index contributed by atoms with van der Waals surface area (Å²) in [4.78, 5) is 21.1. The lowest BCUT2D eigenvalue weighted by atomic mass is 9.75. The maximum atomic E-state index is 12.7. The summed E-state index contributed by atoms with van der Waals surface area (Å²) in [6.07, 6.45) is 14.3. The molecule has 1 aromatic carbocycles. The van der Waals surface area contributed by atoms with Gasteiger partial charge < -0.3 is 25.7 Å². The SMILES string of the molecule is COC1=C(NC(=O)Nc2cccc(C3(C)C=Cc4ccn(-c5ccnc(N)n5)c4C3)c2)CCC=C1. The van der Waals surface area contributed by atoms with E-state index in [2.05, 4.69) is 56.4 Å². The number of aromatic nitrogens is 3. The van der Waals surface area contributed by atoms with Gasteiger partial charge >= 0.3 is 6.03 Å². The second kappa shape index (κ2) is 9.13. The summed E-state index contributed by atoms with van der Waals surface area (Å²) in [6.45, 7) is 2.20. The van der Waals surface area contributed by atoms with Crippen molar-refractivity contribution in [1.82, 2.24) is 19.9 Å². The lowest BCUT2D eigenvalue weighted by Crippen LogP contribution is -2.30. The van der Waals surface area contributed by atoms with Crippen LogP contribution in [0.15, 0.2) is 78.5 Å². The standard InChI is InChI=1S/C27H28N6O2/c1-27(13-10-18-12-15-33(22(18)17-27)24-11-14-29-25(28)32-24)19-6-5-7-20(16-19)30-26(34)31-21-8-3-4-9-23(21)35-2/h4-7,9-16H,3,8,17H2,1-2H3,(H2,28,29,32)(H2,30,31,34). The second-order valence-electron chi connectivity index (χ2n) is 8.94. The van der Waals surface area contributed by atoms with Crippen molar-refractivity contribution in [2.24, 2.45) is 0 Å². The summed E-state index contributed by atoms with van der Waals surface area (Å²) in [5, 5.41) is 5.89. The Morgan fingerprint density at radius 3 is 2.91 bits per heavy atom. The molecule has 3 aromatic rings. The number of ether oxygens (including phenoxy) is 1. The first-order valence-corrected chi connectivity index (χ1v) is 11.6. The molecule has 0 spiro atoms. The molecule has 8 heteroatoms. The van der Waals surface area contributed by atoms with Crippen molar-refractivity contribution in [2.45, 2.75) is 31.6 Å². The number of benzene rings is 1. The molecular weight excluding hydrogens is 440 g/mol. The molecule has 8 nitrogen and oxygen atoms in total. The molecule has 0 saturated carbocycles.